The number of halogens is 1. The number of hydrogen-bond acceptors (Lipinski definition) is 1. The fourth-order valence-corrected chi connectivity index (χ4v) is 3.15. The highest BCUT2D eigenvalue weighted by Crippen LogP contribution is 2.34. The molecule has 0 radical (unpaired) electrons. The first-order chi connectivity index (χ1) is 7.63. The molecule has 0 aliphatic heterocycles. The van der Waals surface area contributed by atoms with Crippen molar-refractivity contribution in [1.82, 2.24) is 9.78 Å². The molecule has 0 saturated heterocycles. The summed E-state index contributed by atoms with van der Waals surface area (Å²) in [4.78, 5) is 0. The van der Waals surface area contributed by atoms with Gasteiger partial charge in [-0.1, -0.05) is 13.3 Å². The van der Waals surface area contributed by atoms with Gasteiger partial charge in [0, 0.05) is 5.69 Å². The van der Waals surface area contributed by atoms with Crippen LogP contribution in [-0.4, -0.2) is 9.78 Å². The van der Waals surface area contributed by atoms with Crippen LogP contribution in [0.15, 0.2) is 0 Å². The number of hydrogen-bond donors (Lipinski definition) is 0. The van der Waals surface area contributed by atoms with Crippen LogP contribution in [0.4, 0.5) is 0 Å². The highest BCUT2D eigenvalue weighted by molar-refractivity contribution is 14.1. The van der Waals surface area contributed by atoms with Gasteiger partial charge in [0.05, 0.1) is 15.3 Å². The van der Waals surface area contributed by atoms with Crippen molar-refractivity contribution < 1.29 is 0 Å². The third-order valence-corrected chi connectivity index (χ3v) is 5.54. The van der Waals surface area contributed by atoms with E-state index in [1.807, 2.05) is 0 Å². The van der Waals surface area contributed by atoms with Gasteiger partial charge in [0.2, 0.25) is 0 Å². The van der Waals surface area contributed by atoms with Crippen LogP contribution in [-0.2, 0) is 0 Å². The summed E-state index contributed by atoms with van der Waals surface area (Å²) < 4.78 is 3.62. The third-order valence-electron chi connectivity index (χ3n) is 3.98. The Balaban J connectivity index is 2.11. The first-order valence-electron chi connectivity index (χ1n) is 6.34. The first-order valence-corrected chi connectivity index (χ1v) is 7.42. The van der Waals surface area contributed by atoms with Gasteiger partial charge in [0.25, 0.3) is 0 Å². The molecule has 2 nitrogen and oxygen atoms in total. The molecule has 1 aromatic heterocycles. The lowest BCUT2D eigenvalue weighted by molar-refractivity contribution is 0.253. The standard InChI is InChI=1S/C13H21IN2/c1-4-11-5-7-12(8-6-11)16-10(3)13(14)9(2)15-16/h11-12H,4-8H2,1-3H3. The van der Waals surface area contributed by atoms with Crippen LogP contribution in [0.1, 0.15) is 56.5 Å². The minimum Gasteiger partial charge on any atom is -0.265 e. The highest BCUT2D eigenvalue weighted by atomic mass is 127. The lowest BCUT2D eigenvalue weighted by Gasteiger charge is -2.28. The summed E-state index contributed by atoms with van der Waals surface area (Å²) in [6, 6.07) is 0.657. The summed E-state index contributed by atoms with van der Waals surface area (Å²) in [5.74, 6) is 0.965. The molecule has 0 atom stereocenters. The molecule has 1 saturated carbocycles. The third kappa shape index (κ3) is 2.29. The Morgan fingerprint density at radius 2 is 1.88 bits per heavy atom. The minimum absolute atomic E-state index is 0.657. The summed E-state index contributed by atoms with van der Waals surface area (Å²) >= 11 is 2.41. The van der Waals surface area contributed by atoms with Crippen LogP contribution < -0.4 is 0 Å². The number of aromatic nitrogens is 2. The Kier molecular flexibility index (Phi) is 3.93. The van der Waals surface area contributed by atoms with E-state index in [1.165, 1.54) is 47.1 Å². The second-order valence-corrected chi connectivity index (χ2v) is 6.09. The molecule has 0 bridgehead atoms. The summed E-state index contributed by atoms with van der Waals surface area (Å²) in [6.07, 6.45) is 6.75. The van der Waals surface area contributed by atoms with Crippen LogP contribution in [0.2, 0.25) is 0 Å². The van der Waals surface area contributed by atoms with Crippen molar-refractivity contribution in [2.75, 3.05) is 0 Å². The van der Waals surface area contributed by atoms with E-state index in [4.69, 9.17) is 5.10 Å². The predicted molar refractivity (Wildman–Crippen MR) is 75.7 cm³/mol. The second kappa shape index (κ2) is 5.07. The maximum atomic E-state index is 4.69. The molecule has 0 aromatic carbocycles. The maximum absolute atomic E-state index is 4.69. The number of nitrogens with zero attached hydrogens (tertiary/aromatic N) is 2. The zero-order chi connectivity index (χ0) is 11.7. The van der Waals surface area contributed by atoms with Gasteiger partial charge in [0.1, 0.15) is 0 Å². The lowest BCUT2D eigenvalue weighted by atomic mass is 9.84. The van der Waals surface area contributed by atoms with Crippen LogP contribution in [0.3, 0.4) is 0 Å². The Labute approximate surface area is 112 Å². The van der Waals surface area contributed by atoms with E-state index < -0.39 is 0 Å². The monoisotopic (exact) mass is 332 g/mol. The van der Waals surface area contributed by atoms with Crippen LogP contribution in [0.25, 0.3) is 0 Å². The maximum Gasteiger partial charge on any atom is 0.0730 e. The van der Waals surface area contributed by atoms with Gasteiger partial charge in [-0.2, -0.15) is 5.10 Å². The minimum atomic E-state index is 0.657. The van der Waals surface area contributed by atoms with Gasteiger partial charge in [-0.05, 0) is 68.0 Å². The Morgan fingerprint density at radius 1 is 1.25 bits per heavy atom. The van der Waals surface area contributed by atoms with E-state index >= 15 is 0 Å². The van der Waals surface area contributed by atoms with Crippen molar-refractivity contribution in [3.63, 3.8) is 0 Å². The fraction of sp³-hybridized carbons (Fsp3) is 0.769. The molecule has 3 heteroatoms. The van der Waals surface area contributed by atoms with Gasteiger partial charge in [0.15, 0.2) is 0 Å². The Bertz CT molecular complexity index is 362. The second-order valence-electron chi connectivity index (χ2n) is 5.01. The zero-order valence-corrected chi connectivity index (χ0v) is 12.6. The van der Waals surface area contributed by atoms with Gasteiger partial charge in [-0.25, -0.2) is 0 Å². The topological polar surface area (TPSA) is 17.8 Å². The smallest absolute Gasteiger partial charge is 0.0730 e. The summed E-state index contributed by atoms with van der Waals surface area (Å²) in [5.41, 5.74) is 2.55. The highest BCUT2D eigenvalue weighted by Gasteiger charge is 2.23. The van der Waals surface area contributed by atoms with Crippen LogP contribution >= 0.6 is 22.6 Å². The molecule has 2 rings (SSSR count). The van der Waals surface area contributed by atoms with E-state index in [0.29, 0.717) is 6.04 Å². The van der Waals surface area contributed by atoms with Gasteiger partial charge in [-0.3, -0.25) is 4.68 Å². The van der Waals surface area contributed by atoms with Crippen molar-refractivity contribution in [2.45, 2.75) is 58.9 Å². The fourth-order valence-electron chi connectivity index (χ4n) is 2.80. The zero-order valence-electron chi connectivity index (χ0n) is 10.5. The van der Waals surface area contributed by atoms with Gasteiger partial charge < -0.3 is 0 Å². The molecule has 90 valence electrons. The van der Waals surface area contributed by atoms with E-state index in [0.717, 1.165) is 5.92 Å². The molecule has 0 N–H and O–H groups in total. The van der Waals surface area contributed by atoms with Crippen LogP contribution in [0, 0.1) is 23.3 Å². The van der Waals surface area contributed by atoms with E-state index in [1.54, 1.807) is 0 Å². The van der Waals surface area contributed by atoms with Crippen molar-refractivity contribution >= 4 is 22.6 Å². The molecule has 0 unspecified atom stereocenters. The molecule has 1 aromatic rings. The average molecular weight is 332 g/mol. The summed E-state index contributed by atoms with van der Waals surface area (Å²) in [5, 5.41) is 4.69. The Hall–Kier alpha value is -0.0600. The molecule has 1 aliphatic carbocycles. The predicted octanol–water partition coefficient (Wildman–Crippen LogP) is 4.25. The van der Waals surface area contributed by atoms with Gasteiger partial charge >= 0.3 is 0 Å². The van der Waals surface area contributed by atoms with E-state index in [9.17, 15) is 0 Å². The van der Waals surface area contributed by atoms with Crippen LogP contribution in [0.5, 0.6) is 0 Å². The van der Waals surface area contributed by atoms with Crippen molar-refractivity contribution in [3.05, 3.63) is 15.0 Å². The van der Waals surface area contributed by atoms with Gasteiger partial charge in [-0.15, -0.1) is 0 Å². The normalized spacial score (nSPS) is 26.0. The molecular formula is C13H21IN2. The summed E-state index contributed by atoms with van der Waals surface area (Å²) in [6.45, 7) is 6.63. The summed E-state index contributed by atoms with van der Waals surface area (Å²) in [7, 11) is 0. The van der Waals surface area contributed by atoms with Crippen molar-refractivity contribution in [3.8, 4) is 0 Å². The van der Waals surface area contributed by atoms with Crippen molar-refractivity contribution in [2.24, 2.45) is 5.92 Å². The average Bonchev–Trinajstić information content (AvgIpc) is 2.57. The largest absolute Gasteiger partial charge is 0.265 e. The Morgan fingerprint density at radius 3 is 2.31 bits per heavy atom. The molecule has 1 fully saturated rings. The van der Waals surface area contributed by atoms with E-state index in [2.05, 4.69) is 48.0 Å². The number of rotatable bonds is 2. The molecule has 16 heavy (non-hydrogen) atoms. The molecule has 1 heterocycles. The number of aryl methyl sites for hydroxylation is 1. The quantitative estimate of drug-likeness (QED) is 0.741. The van der Waals surface area contributed by atoms with E-state index in [-0.39, 0.29) is 0 Å². The molecular weight excluding hydrogens is 311 g/mol. The van der Waals surface area contributed by atoms with Crippen molar-refractivity contribution in [1.29, 1.82) is 0 Å². The molecule has 1 aliphatic rings. The SMILES string of the molecule is CCC1CCC(n2nc(C)c(I)c2C)CC1. The first kappa shape index (κ1) is 12.4. The molecule has 0 amide bonds. The lowest BCUT2D eigenvalue weighted by Crippen LogP contribution is -2.19. The molecule has 0 spiro atoms.